The molecule has 3 aromatic heterocycles. The number of hydrogen-bond donors (Lipinski definition) is 0. The number of pyridine rings is 2. The van der Waals surface area contributed by atoms with Crippen molar-refractivity contribution in [3.05, 3.63) is 59.4 Å². The van der Waals surface area contributed by atoms with Gasteiger partial charge in [-0.2, -0.15) is 0 Å². The first-order chi connectivity index (χ1) is 10.7. The molecule has 0 saturated carbocycles. The Hall–Kier alpha value is -2.95. The minimum atomic E-state index is -0.0429. The minimum absolute atomic E-state index is 0.0429. The summed E-state index contributed by atoms with van der Waals surface area (Å²) in [6, 6.07) is 10.1. The third kappa shape index (κ3) is 1.69. The molecule has 0 atom stereocenters. The SMILES string of the molecule is Cn1c(=O)n(C)c2c3cc(-c4ccncc4)ccc3ncc21. The van der Waals surface area contributed by atoms with Gasteiger partial charge in [-0.05, 0) is 35.4 Å². The lowest BCUT2D eigenvalue weighted by molar-refractivity contribution is 0.795. The average molecular weight is 290 g/mol. The zero-order chi connectivity index (χ0) is 15.3. The van der Waals surface area contributed by atoms with E-state index in [1.165, 1.54) is 0 Å². The Balaban J connectivity index is 2.12. The third-order valence-electron chi connectivity index (χ3n) is 4.10. The van der Waals surface area contributed by atoms with E-state index in [1.807, 2.05) is 24.3 Å². The van der Waals surface area contributed by atoms with Crippen molar-refractivity contribution in [2.45, 2.75) is 0 Å². The molecule has 0 aliphatic carbocycles. The van der Waals surface area contributed by atoms with Crippen molar-refractivity contribution < 1.29 is 0 Å². The number of benzene rings is 1. The van der Waals surface area contributed by atoms with E-state index < -0.39 is 0 Å². The number of hydrogen-bond acceptors (Lipinski definition) is 3. The van der Waals surface area contributed by atoms with Crippen LogP contribution >= 0.6 is 0 Å². The van der Waals surface area contributed by atoms with Crippen LogP contribution in [0.2, 0.25) is 0 Å². The summed E-state index contributed by atoms with van der Waals surface area (Å²) in [5, 5.41) is 0.979. The highest BCUT2D eigenvalue weighted by atomic mass is 16.1. The highest BCUT2D eigenvalue weighted by Gasteiger charge is 2.12. The van der Waals surface area contributed by atoms with Gasteiger partial charge in [-0.3, -0.25) is 19.1 Å². The number of rotatable bonds is 1. The Bertz CT molecular complexity index is 1060. The first-order valence-corrected chi connectivity index (χ1v) is 7.01. The van der Waals surface area contributed by atoms with E-state index >= 15 is 0 Å². The van der Waals surface area contributed by atoms with Crippen LogP contribution in [0.4, 0.5) is 0 Å². The van der Waals surface area contributed by atoms with E-state index in [-0.39, 0.29) is 5.69 Å². The van der Waals surface area contributed by atoms with E-state index in [0.717, 1.165) is 33.1 Å². The first kappa shape index (κ1) is 12.8. The molecule has 0 N–H and O–H groups in total. The highest BCUT2D eigenvalue weighted by Crippen LogP contribution is 2.27. The summed E-state index contributed by atoms with van der Waals surface area (Å²) in [4.78, 5) is 20.7. The van der Waals surface area contributed by atoms with E-state index in [2.05, 4.69) is 16.0 Å². The molecule has 4 aromatic rings. The van der Waals surface area contributed by atoms with Crippen LogP contribution in [-0.4, -0.2) is 19.1 Å². The van der Waals surface area contributed by atoms with Crippen LogP contribution in [0.25, 0.3) is 33.1 Å². The minimum Gasteiger partial charge on any atom is -0.294 e. The van der Waals surface area contributed by atoms with Crippen molar-refractivity contribution in [3.63, 3.8) is 0 Å². The van der Waals surface area contributed by atoms with Crippen molar-refractivity contribution in [1.29, 1.82) is 0 Å². The molecule has 22 heavy (non-hydrogen) atoms. The van der Waals surface area contributed by atoms with Crippen molar-refractivity contribution in [2.24, 2.45) is 14.1 Å². The first-order valence-electron chi connectivity index (χ1n) is 7.01. The fraction of sp³-hybridized carbons (Fsp3) is 0.118. The van der Waals surface area contributed by atoms with Crippen LogP contribution in [0.5, 0.6) is 0 Å². The lowest BCUT2D eigenvalue weighted by Gasteiger charge is -2.05. The predicted molar refractivity (Wildman–Crippen MR) is 86.7 cm³/mol. The van der Waals surface area contributed by atoms with Crippen molar-refractivity contribution >= 4 is 21.9 Å². The van der Waals surface area contributed by atoms with Crippen molar-refractivity contribution in [2.75, 3.05) is 0 Å². The largest absolute Gasteiger partial charge is 0.328 e. The molecule has 1 aromatic carbocycles. The molecule has 0 spiro atoms. The molecule has 0 radical (unpaired) electrons. The van der Waals surface area contributed by atoms with Crippen LogP contribution in [0, 0.1) is 0 Å². The van der Waals surface area contributed by atoms with Crippen LogP contribution in [-0.2, 0) is 14.1 Å². The van der Waals surface area contributed by atoms with Gasteiger partial charge in [0, 0.05) is 31.9 Å². The van der Waals surface area contributed by atoms with E-state index in [1.54, 1.807) is 41.8 Å². The van der Waals surface area contributed by atoms with Gasteiger partial charge in [-0.15, -0.1) is 0 Å². The summed E-state index contributed by atoms with van der Waals surface area (Å²) < 4.78 is 3.30. The Morgan fingerprint density at radius 2 is 1.73 bits per heavy atom. The Labute approximate surface area is 126 Å². The monoisotopic (exact) mass is 290 g/mol. The quantitative estimate of drug-likeness (QED) is 0.541. The van der Waals surface area contributed by atoms with Gasteiger partial charge in [-0.1, -0.05) is 6.07 Å². The number of nitrogens with zero attached hydrogens (tertiary/aromatic N) is 4. The summed E-state index contributed by atoms with van der Waals surface area (Å²) in [5.41, 5.74) is 4.76. The van der Waals surface area contributed by atoms with Gasteiger partial charge in [0.15, 0.2) is 0 Å². The molecule has 0 bridgehead atoms. The number of imidazole rings is 1. The van der Waals surface area contributed by atoms with Gasteiger partial charge in [0.25, 0.3) is 0 Å². The summed E-state index contributed by atoms with van der Waals surface area (Å²) in [6.07, 6.45) is 5.30. The smallest absolute Gasteiger partial charge is 0.294 e. The summed E-state index contributed by atoms with van der Waals surface area (Å²) >= 11 is 0. The number of aromatic nitrogens is 4. The Morgan fingerprint density at radius 1 is 0.955 bits per heavy atom. The van der Waals surface area contributed by atoms with Crippen LogP contribution in [0.15, 0.2) is 53.7 Å². The fourth-order valence-corrected chi connectivity index (χ4v) is 2.91. The van der Waals surface area contributed by atoms with Crippen LogP contribution in [0.3, 0.4) is 0 Å². The molecule has 0 saturated heterocycles. The van der Waals surface area contributed by atoms with Crippen LogP contribution in [0.1, 0.15) is 0 Å². The molecule has 0 amide bonds. The molecule has 4 rings (SSSR count). The number of fused-ring (bicyclic) bond motifs is 3. The predicted octanol–water partition coefficient (Wildman–Crippen LogP) is 2.49. The number of aryl methyl sites for hydroxylation is 2. The topological polar surface area (TPSA) is 52.7 Å². The van der Waals surface area contributed by atoms with Gasteiger partial charge in [0.2, 0.25) is 0 Å². The molecule has 5 heteroatoms. The molecule has 0 fully saturated rings. The molecular weight excluding hydrogens is 276 g/mol. The lowest BCUT2D eigenvalue weighted by Crippen LogP contribution is -2.19. The van der Waals surface area contributed by atoms with E-state index in [9.17, 15) is 4.79 Å². The maximum absolute atomic E-state index is 12.2. The second-order valence-corrected chi connectivity index (χ2v) is 5.36. The third-order valence-corrected chi connectivity index (χ3v) is 4.10. The summed E-state index contributed by atoms with van der Waals surface area (Å²) in [7, 11) is 3.56. The maximum atomic E-state index is 12.2. The molecular formula is C17H14N4O. The molecule has 5 nitrogen and oxygen atoms in total. The maximum Gasteiger partial charge on any atom is 0.328 e. The molecule has 0 aliphatic heterocycles. The van der Waals surface area contributed by atoms with Gasteiger partial charge >= 0.3 is 5.69 Å². The van der Waals surface area contributed by atoms with Gasteiger partial charge < -0.3 is 0 Å². The average Bonchev–Trinajstić information content (AvgIpc) is 2.80. The molecule has 3 heterocycles. The zero-order valence-electron chi connectivity index (χ0n) is 12.3. The summed E-state index contributed by atoms with van der Waals surface area (Å²) in [5.74, 6) is 0. The lowest BCUT2D eigenvalue weighted by atomic mass is 10.0. The van der Waals surface area contributed by atoms with Gasteiger partial charge in [0.1, 0.15) is 0 Å². The second-order valence-electron chi connectivity index (χ2n) is 5.36. The van der Waals surface area contributed by atoms with Gasteiger partial charge in [-0.25, -0.2) is 4.79 Å². The van der Waals surface area contributed by atoms with Gasteiger partial charge in [0.05, 0.1) is 22.7 Å². The normalized spacial score (nSPS) is 11.4. The van der Waals surface area contributed by atoms with E-state index in [4.69, 9.17) is 0 Å². The van der Waals surface area contributed by atoms with Crippen molar-refractivity contribution in [1.82, 2.24) is 19.1 Å². The Morgan fingerprint density at radius 3 is 2.50 bits per heavy atom. The molecule has 108 valence electrons. The highest BCUT2D eigenvalue weighted by molar-refractivity contribution is 6.03. The van der Waals surface area contributed by atoms with Crippen molar-refractivity contribution in [3.8, 4) is 11.1 Å². The zero-order valence-corrected chi connectivity index (χ0v) is 12.3. The van der Waals surface area contributed by atoms with Crippen LogP contribution < -0.4 is 5.69 Å². The standard InChI is InChI=1S/C17H14N4O/c1-20-15-10-19-14-4-3-12(11-5-7-18-8-6-11)9-13(14)16(15)21(2)17(20)22/h3-10H,1-2H3. The summed E-state index contributed by atoms with van der Waals surface area (Å²) in [6.45, 7) is 0. The fourth-order valence-electron chi connectivity index (χ4n) is 2.91. The Kier molecular flexibility index (Phi) is 2.63. The second kappa shape index (κ2) is 4.53. The molecule has 0 aliphatic rings. The molecule has 0 unspecified atom stereocenters. The van der Waals surface area contributed by atoms with E-state index in [0.29, 0.717) is 0 Å².